The van der Waals surface area contributed by atoms with Crippen LogP contribution in [0, 0.1) is 0 Å². The molecule has 0 bridgehead atoms. The Morgan fingerprint density at radius 3 is 2.21 bits per heavy atom. The first-order chi connectivity index (χ1) is 6.63. The SMILES string of the molecule is CCNC(C)C1(N(C)C)CCCCC1. The van der Waals surface area contributed by atoms with Gasteiger partial charge in [-0.2, -0.15) is 0 Å². The summed E-state index contributed by atoms with van der Waals surface area (Å²) >= 11 is 0. The van der Waals surface area contributed by atoms with Crippen LogP contribution in [-0.4, -0.2) is 37.1 Å². The van der Waals surface area contributed by atoms with Gasteiger partial charge in [0.1, 0.15) is 0 Å². The fraction of sp³-hybridized carbons (Fsp3) is 1.00. The highest BCUT2D eigenvalue weighted by Crippen LogP contribution is 2.34. The van der Waals surface area contributed by atoms with Gasteiger partial charge < -0.3 is 10.2 Å². The molecule has 1 unspecified atom stereocenters. The van der Waals surface area contributed by atoms with Gasteiger partial charge in [-0.15, -0.1) is 0 Å². The van der Waals surface area contributed by atoms with E-state index in [4.69, 9.17) is 0 Å². The second-order valence-electron chi connectivity index (χ2n) is 4.84. The summed E-state index contributed by atoms with van der Waals surface area (Å²) in [5, 5.41) is 3.60. The van der Waals surface area contributed by atoms with Crippen molar-refractivity contribution < 1.29 is 0 Å². The number of nitrogens with zero attached hydrogens (tertiary/aromatic N) is 1. The quantitative estimate of drug-likeness (QED) is 0.745. The van der Waals surface area contributed by atoms with Gasteiger partial charge in [0.05, 0.1) is 0 Å². The number of likely N-dealkylation sites (N-methyl/N-ethyl adjacent to an activating group) is 2. The summed E-state index contributed by atoms with van der Waals surface area (Å²) in [4.78, 5) is 2.44. The van der Waals surface area contributed by atoms with Gasteiger partial charge in [0.15, 0.2) is 0 Å². The van der Waals surface area contributed by atoms with Crippen molar-refractivity contribution in [1.29, 1.82) is 0 Å². The molecule has 0 heterocycles. The van der Waals surface area contributed by atoms with Gasteiger partial charge in [-0.05, 0) is 40.4 Å². The Kier molecular flexibility index (Phi) is 4.39. The summed E-state index contributed by atoms with van der Waals surface area (Å²) in [6, 6.07) is 0.614. The molecular weight excluding hydrogens is 172 g/mol. The molecule has 1 atom stereocenters. The number of rotatable bonds is 4. The third-order valence-corrected chi connectivity index (χ3v) is 3.93. The van der Waals surface area contributed by atoms with Crippen LogP contribution in [0.1, 0.15) is 46.0 Å². The minimum absolute atomic E-state index is 0.411. The Labute approximate surface area is 89.1 Å². The maximum Gasteiger partial charge on any atom is 0.0353 e. The molecule has 0 aromatic carbocycles. The van der Waals surface area contributed by atoms with Crippen molar-refractivity contribution >= 4 is 0 Å². The van der Waals surface area contributed by atoms with Crippen LogP contribution in [0.2, 0.25) is 0 Å². The molecule has 0 spiro atoms. The Morgan fingerprint density at radius 1 is 1.21 bits per heavy atom. The highest BCUT2D eigenvalue weighted by Gasteiger charge is 2.38. The molecule has 1 saturated carbocycles. The van der Waals surface area contributed by atoms with E-state index in [-0.39, 0.29) is 0 Å². The molecule has 1 aliphatic rings. The molecule has 0 saturated heterocycles. The van der Waals surface area contributed by atoms with Crippen LogP contribution in [0.3, 0.4) is 0 Å². The van der Waals surface area contributed by atoms with Crippen molar-refractivity contribution in [3.8, 4) is 0 Å². The predicted molar refractivity (Wildman–Crippen MR) is 62.6 cm³/mol. The minimum Gasteiger partial charge on any atom is -0.313 e. The van der Waals surface area contributed by atoms with Gasteiger partial charge in [-0.3, -0.25) is 0 Å². The van der Waals surface area contributed by atoms with E-state index in [1.165, 1.54) is 32.1 Å². The Balaban J connectivity index is 2.69. The molecule has 2 nitrogen and oxygen atoms in total. The fourth-order valence-electron chi connectivity index (χ4n) is 2.93. The summed E-state index contributed by atoms with van der Waals surface area (Å²) in [5.74, 6) is 0. The first-order valence-electron chi connectivity index (χ1n) is 6.04. The smallest absolute Gasteiger partial charge is 0.0353 e. The van der Waals surface area contributed by atoms with Gasteiger partial charge in [-0.1, -0.05) is 26.2 Å². The van der Waals surface area contributed by atoms with E-state index in [1.54, 1.807) is 0 Å². The van der Waals surface area contributed by atoms with E-state index in [0.29, 0.717) is 11.6 Å². The molecule has 0 aromatic rings. The number of hydrogen-bond acceptors (Lipinski definition) is 2. The molecule has 1 aliphatic carbocycles. The predicted octanol–water partition coefficient (Wildman–Crippen LogP) is 2.25. The summed E-state index contributed by atoms with van der Waals surface area (Å²) in [7, 11) is 4.47. The number of nitrogens with one attached hydrogen (secondary N) is 1. The Morgan fingerprint density at radius 2 is 1.79 bits per heavy atom. The molecule has 1 rings (SSSR count). The first kappa shape index (κ1) is 12.0. The average Bonchev–Trinajstić information content (AvgIpc) is 2.19. The van der Waals surface area contributed by atoms with Crippen LogP contribution in [0.4, 0.5) is 0 Å². The van der Waals surface area contributed by atoms with Crippen molar-refractivity contribution in [2.24, 2.45) is 0 Å². The van der Waals surface area contributed by atoms with E-state index in [9.17, 15) is 0 Å². The lowest BCUT2D eigenvalue weighted by atomic mass is 9.76. The topological polar surface area (TPSA) is 15.3 Å². The molecule has 0 aromatic heterocycles. The molecule has 84 valence electrons. The molecule has 1 N–H and O–H groups in total. The zero-order valence-corrected chi connectivity index (χ0v) is 10.3. The van der Waals surface area contributed by atoms with E-state index >= 15 is 0 Å². The summed E-state index contributed by atoms with van der Waals surface area (Å²) in [6.07, 6.45) is 6.93. The molecule has 2 heteroatoms. The molecule has 14 heavy (non-hydrogen) atoms. The van der Waals surface area contributed by atoms with E-state index < -0.39 is 0 Å². The second kappa shape index (κ2) is 5.13. The third-order valence-electron chi connectivity index (χ3n) is 3.93. The molecule has 1 fully saturated rings. The second-order valence-corrected chi connectivity index (χ2v) is 4.84. The van der Waals surface area contributed by atoms with E-state index in [2.05, 4.69) is 38.2 Å². The molecule has 0 aliphatic heterocycles. The zero-order chi connectivity index (χ0) is 10.6. The van der Waals surface area contributed by atoms with Crippen molar-refractivity contribution in [2.75, 3.05) is 20.6 Å². The lowest BCUT2D eigenvalue weighted by Crippen LogP contribution is -2.58. The van der Waals surface area contributed by atoms with Crippen LogP contribution in [0.25, 0.3) is 0 Å². The van der Waals surface area contributed by atoms with Gasteiger partial charge in [0.25, 0.3) is 0 Å². The van der Waals surface area contributed by atoms with Crippen LogP contribution >= 0.6 is 0 Å². The molecule has 0 radical (unpaired) electrons. The van der Waals surface area contributed by atoms with Gasteiger partial charge in [0.2, 0.25) is 0 Å². The van der Waals surface area contributed by atoms with E-state index in [1.807, 2.05) is 0 Å². The van der Waals surface area contributed by atoms with Crippen LogP contribution in [-0.2, 0) is 0 Å². The highest BCUT2D eigenvalue weighted by molar-refractivity contribution is 4.98. The van der Waals surface area contributed by atoms with Crippen molar-refractivity contribution in [2.45, 2.75) is 57.5 Å². The number of hydrogen-bond donors (Lipinski definition) is 1. The standard InChI is InChI=1S/C12H26N2/c1-5-13-11(2)12(14(3)4)9-7-6-8-10-12/h11,13H,5-10H2,1-4H3. The Bertz CT molecular complexity index is 160. The van der Waals surface area contributed by atoms with Crippen molar-refractivity contribution in [3.05, 3.63) is 0 Å². The minimum atomic E-state index is 0.411. The molecular formula is C12H26N2. The van der Waals surface area contributed by atoms with Gasteiger partial charge >= 0.3 is 0 Å². The normalized spacial score (nSPS) is 23.8. The van der Waals surface area contributed by atoms with Crippen LogP contribution in [0.5, 0.6) is 0 Å². The lowest BCUT2D eigenvalue weighted by molar-refractivity contribution is 0.0643. The summed E-state index contributed by atoms with van der Waals surface area (Å²) in [5.41, 5.74) is 0.411. The van der Waals surface area contributed by atoms with Gasteiger partial charge in [0, 0.05) is 11.6 Å². The monoisotopic (exact) mass is 198 g/mol. The van der Waals surface area contributed by atoms with Crippen LogP contribution in [0.15, 0.2) is 0 Å². The molecule has 0 amide bonds. The van der Waals surface area contributed by atoms with Crippen LogP contribution < -0.4 is 5.32 Å². The average molecular weight is 198 g/mol. The van der Waals surface area contributed by atoms with Crippen molar-refractivity contribution in [3.63, 3.8) is 0 Å². The maximum atomic E-state index is 3.60. The van der Waals surface area contributed by atoms with E-state index in [0.717, 1.165) is 6.54 Å². The Hall–Kier alpha value is -0.0800. The largest absolute Gasteiger partial charge is 0.313 e. The fourth-order valence-corrected chi connectivity index (χ4v) is 2.93. The summed E-state index contributed by atoms with van der Waals surface area (Å²) < 4.78 is 0. The highest BCUT2D eigenvalue weighted by atomic mass is 15.2. The third kappa shape index (κ3) is 2.29. The first-order valence-corrected chi connectivity index (χ1v) is 6.04. The van der Waals surface area contributed by atoms with Crippen molar-refractivity contribution in [1.82, 2.24) is 10.2 Å². The summed E-state index contributed by atoms with van der Waals surface area (Å²) in [6.45, 7) is 5.62. The lowest BCUT2D eigenvalue weighted by Gasteiger charge is -2.47. The van der Waals surface area contributed by atoms with Gasteiger partial charge in [-0.25, -0.2) is 0 Å². The zero-order valence-electron chi connectivity index (χ0n) is 10.3. The maximum absolute atomic E-state index is 3.60.